The van der Waals surface area contributed by atoms with Crippen molar-refractivity contribution in [3.63, 3.8) is 0 Å². The number of benzene rings is 1. The van der Waals surface area contributed by atoms with Gasteiger partial charge in [-0.2, -0.15) is 0 Å². The molecule has 0 aliphatic carbocycles. The van der Waals surface area contributed by atoms with Crippen molar-refractivity contribution in [2.75, 3.05) is 13.1 Å². The molecule has 1 fully saturated rings. The first-order chi connectivity index (χ1) is 10.7. The van der Waals surface area contributed by atoms with Gasteiger partial charge in [0.15, 0.2) is 0 Å². The second-order valence-electron chi connectivity index (χ2n) is 5.81. The number of hydrogen-bond donors (Lipinski definition) is 1. The lowest BCUT2D eigenvalue weighted by Gasteiger charge is -2.20. The normalized spacial score (nSPS) is 19.0. The average Bonchev–Trinajstić information content (AvgIpc) is 2.78. The number of aryl methyl sites for hydroxylation is 1. The van der Waals surface area contributed by atoms with Crippen molar-refractivity contribution in [2.24, 2.45) is 5.73 Å². The average molecular weight is 299 g/mol. The van der Waals surface area contributed by atoms with E-state index in [0.29, 0.717) is 23.6 Å². The van der Waals surface area contributed by atoms with Crippen LogP contribution < -0.4 is 5.73 Å². The van der Waals surface area contributed by atoms with E-state index in [1.165, 1.54) is 0 Å². The van der Waals surface area contributed by atoms with Gasteiger partial charge in [-0.15, -0.1) is 0 Å². The SMILES string of the molecule is Cc1onc(-c2ccccc2)c1C(=O)N1CCC[C@H](N)CC1. The van der Waals surface area contributed by atoms with Crippen LogP contribution in [0.2, 0.25) is 0 Å². The minimum Gasteiger partial charge on any atom is -0.360 e. The van der Waals surface area contributed by atoms with Crippen molar-refractivity contribution in [1.82, 2.24) is 10.1 Å². The highest BCUT2D eigenvalue weighted by atomic mass is 16.5. The highest BCUT2D eigenvalue weighted by molar-refractivity contribution is 6.00. The maximum absolute atomic E-state index is 12.9. The molecule has 1 aromatic carbocycles. The Morgan fingerprint density at radius 2 is 2.05 bits per heavy atom. The summed E-state index contributed by atoms with van der Waals surface area (Å²) in [5.41, 5.74) is 8.09. The van der Waals surface area contributed by atoms with Crippen LogP contribution in [0.3, 0.4) is 0 Å². The lowest BCUT2D eigenvalue weighted by molar-refractivity contribution is 0.0760. The highest BCUT2D eigenvalue weighted by Gasteiger charge is 2.27. The van der Waals surface area contributed by atoms with Crippen LogP contribution in [0.1, 0.15) is 35.4 Å². The Kier molecular flexibility index (Phi) is 4.24. The third-order valence-corrected chi connectivity index (χ3v) is 4.18. The van der Waals surface area contributed by atoms with Crippen LogP contribution in [0.4, 0.5) is 0 Å². The van der Waals surface area contributed by atoms with E-state index in [1.54, 1.807) is 6.92 Å². The summed E-state index contributed by atoms with van der Waals surface area (Å²) in [7, 11) is 0. The van der Waals surface area contributed by atoms with Crippen LogP contribution in [0, 0.1) is 6.92 Å². The molecule has 2 N–H and O–H groups in total. The van der Waals surface area contributed by atoms with Gasteiger partial charge in [0, 0.05) is 24.7 Å². The molecule has 1 aromatic heterocycles. The van der Waals surface area contributed by atoms with Crippen LogP contribution in [0.15, 0.2) is 34.9 Å². The Labute approximate surface area is 130 Å². The van der Waals surface area contributed by atoms with Gasteiger partial charge < -0.3 is 15.2 Å². The molecule has 1 aliphatic heterocycles. The van der Waals surface area contributed by atoms with Crippen LogP contribution in [-0.4, -0.2) is 35.1 Å². The predicted octanol–water partition coefficient (Wildman–Crippen LogP) is 2.60. The standard InChI is InChI=1S/C17H21N3O2/c1-12-15(16(19-22-12)13-6-3-2-4-7-13)17(21)20-10-5-8-14(18)9-11-20/h2-4,6-7,14H,5,8-11,18H2,1H3/t14-/m0/s1. The van der Waals surface area contributed by atoms with Crippen molar-refractivity contribution < 1.29 is 9.32 Å². The zero-order chi connectivity index (χ0) is 15.5. The molecule has 116 valence electrons. The lowest BCUT2D eigenvalue weighted by atomic mass is 10.1. The summed E-state index contributed by atoms with van der Waals surface area (Å²) in [6, 6.07) is 9.86. The Bertz CT molecular complexity index is 651. The van der Waals surface area contributed by atoms with Crippen LogP contribution in [0.25, 0.3) is 11.3 Å². The van der Waals surface area contributed by atoms with E-state index in [9.17, 15) is 4.79 Å². The summed E-state index contributed by atoms with van der Waals surface area (Å²) in [5, 5.41) is 4.09. The monoisotopic (exact) mass is 299 g/mol. The number of amides is 1. The van der Waals surface area contributed by atoms with E-state index in [-0.39, 0.29) is 11.9 Å². The fraction of sp³-hybridized carbons (Fsp3) is 0.412. The topological polar surface area (TPSA) is 72.4 Å². The van der Waals surface area contributed by atoms with Crippen LogP contribution in [0.5, 0.6) is 0 Å². The molecule has 5 nitrogen and oxygen atoms in total. The van der Waals surface area contributed by atoms with E-state index in [2.05, 4.69) is 5.16 Å². The van der Waals surface area contributed by atoms with Gasteiger partial charge in [0.1, 0.15) is 17.0 Å². The number of hydrogen-bond acceptors (Lipinski definition) is 4. The molecule has 2 heterocycles. The molecular weight excluding hydrogens is 278 g/mol. The predicted molar refractivity (Wildman–Crippen MR) is 84.4 cm³/mol. The summed E-state index contributed by atoms with van der Waals surface area (Å²) in [4.78, 5) is 14.8. The molecule has 0 unspecified atom stereocenters. The number of carbonyl (C=O) groups is 1. The second kappa shape index (κ2) is 6.32. The van der Waals surface area contributed by atoms with Crippen LogP contribution in [-0.2, 0) is 0 Å². The first-order valence-electron chi connectivity index (χ1n) is 7.73. The first kappa shape index (κ1) is 14.8. The van der Waals surface area contributed by atoms with Crippen molar-refractivity contribution >= 4 is 5.91 Å². The molecule has 1 atom stereocenters. The third kappa shape index (κ3) is 2.90. The maximum atomic E-state index is 12.9. The van der Waals surface area contributed by atoms with Crippen molar-refractivity contribution in [1.29, 1.82) is 0 Å². The van der Waals surface area contributed by atoms with Gasteiger partial charge in [-0.05, 0) is 26.2 Å². The molecule has 1 aliphatic rings. The zero-order valence-electron chi connectivity index (χ0n) is 12.8. The van der Waals surface area contributed by atoms with Crippen LogP contribution >= 0.6 is 0 Å². The number of nitrogens with two attached hydrogens (primary N) is 1. The molecule has 22 heavy (non-hydrogen) atoms. The van der Waals surface area contributed by atoms with E-state index in [0.717, 1.165) is 31.4 Å². The largest absolute Gasteiger partial charge is 0.360 e. The first-order valence-corrected chi connectivity index (χ1v) is 7.73. The quantitative estimate of drug-likeness (QED) is 0.925. The Balaban J connectivity index is 1.91. The van der Waals surface area contributed by atoms with Gasteiger partial charge in [-0.25, -0.2) is 0 Å². The van der Waals surface area contributed by atoms with E-state index >= 15 is 0 Å². The van der Waals surface area contributed by atoms with Gasteiger partial charge in [0.2, 0.25) is 0 Å². The maximum Gasteiger partial charge on any atom is 0.259 e. The molecule has 1 saturated heterocycles. The molecule has 0 bridgehead atoms. The Morgan fingerprint density at radius 3 is 2.82 bits per heavy atom. The molecule has 5 heteroatoms. The van der Waals surface area contributed by atoms with Gasteiger partial charge >= 0.3 is 0 Å². The molecule has 0 saturated carbocycles. The van der Waals surface area contributed by atoms with Gasteiger partial charge in [0.05, 0.1) is 0 Å². The smallest absolute Gasteiger partial charge is 0.259 e. The van der Waals surface area contributed by atoms with Gasteiger partial charge in [-0.1, -0.05) is 35.5 Å². The highest BCUT2D eigenvalue weighted by Crippen LogP contribution is 2.27. The molecule has 2 aromatic rings. The van der Waals surface area contributed by atoms with Gasteiger partial charge in [0.25, 0.3) is 5.91 Å². The summed E-state index contributed by atoms with van der Waals surface area (Å²) >= 11 is 0. The summed E-state index contributed by atoms with van der Waals surface area (Å²) in [6.45, 7) is 3.22. The summed E-state index contributed by atoms with van der Waals surface area (Å²) in [6.07, 6.45) is 2.76. The molecule has 0 radical (unpaired) electrons. The Morgan fingerprint density at radius 1 is 1.27 bits per heavy atom. The van der Waals surface area contributed by atoms with E-state index < -0.39 is 0 Å². The number of nitrogens with zero attached hydrogens (tertiary/aromatic N) is 2. The Hall–Kier alpha value is -2.14. The molecule has 1 amide bonds. The number of rotatable bonds is 2. The molecule has 0 spiro atoms. The lowest BCUT2D eigenvalue weighted by Crippen LogP contribution is -2.33. The fourth-order valence-electron chi connectivity index (χ4n) is 2.90. The number of aromatic nitrogens is 1. The fourth-order valence-corrected chi connectivity index (χ4v) is 2.90. The minimum atomic E-state index is -0.00768. The third-order valence-electron chi connectivity index (χ3n) is 4.18. The summed E-state index contributed by atoms with van der Waals surface area (Å²) < 4.78 is 5.29. The molecular formula is C17H21N3O2. The van der Waals surface area contributed by atoms with E-state index in [4.69, 9.17) is 10.3 Å². The van der Waals surface area contributed by atoms with Gasteiger partial charge in [-0.3, -0.25) is 4.79 Å². The second-order valence-corrected chi connectivity index (χ2v) is 5.81. The van der Waals surface area contributed by atoms with Crippen molar-refractivity contribution in [3.8, 4) is 11.3 Å². The number of likely N-dealkylation sites (tertiary alicyclic amines) is 1. The van der Waals surface area contributed by atoms with Crippen molar-refractivity contribution in [3.05, 3.63) is 41.7 Å². The molecule has 3 rings (SSSR count). The van der Waals surface area contributed by atoms with E-state index in [1.807, 2.05) is 35.2 Å². The zero-order valence-corrected chi connectivity index (χ0v) is 12.8. The minimum absolute atomic E-state index is 0.00768. The summed E-state index contributed by atoms with van der Waals surface area (Å²) in [5.74, 6) is 0.559. The van der Waals surface area contributed by atoms with Crippen molar-refractivity contribution in [2.45, 2.75) is 32.2 Å². The number of carbonyl (C=O) groups excluding carboxylic acids is 1.